The van der Waals surface area contributed by atoms with Gasteiger partial charge in [-0.1, -0.05) is 20.3 Å². The van der Waals surface area contributed by atoms with Crippen LogP contribution in [0.1, 0.15) is 52.4 Å². The van der Waals surface area contributed by atoms with Crippen LogP contribution in [0.4, 0.5) is 35.1 Å². The molecule has 10 heteroatoms. The highest BCUT2D eigenvalue weighted by atomic mass is 31.0. The van der Waals surface area contributed by atoms with Crippen LogP contribution < -0.4 is 0 Å². The van der Waals surface area contributed by atoms with Crippen LogP contribution in [0.25, 0.3) is 0 Å². The zero-order valence-electron chi connectivity index (χ0n) is 15.1. The molecule has 2 aliphatic rings. The molecule has 160 valence electrons. The molecule has 0 spiro atoms. The van der Waals surface area contributed by atoms with Gasteiger partial charge >= 0.3 is 12.4 Å². The number of halogens is 8. The molecule has 2 fully saturated rings. The molecule has 0 aromatic heterocycles. The van der Waals surface area contributed by atoms with E-state index < -0.39 is 60.9 Å². The molecule has 0 radical (unpaired) electrons. The second-order valence-corrected chi connectivity index (χ2v) is 8.19. The normalized spacial score (nSPS) is 32.3. The van der Waals surface area contributed by atoms with Gasteiger partial charge in [0.2, 0.25) is 5.92 Å². The summed E-state index contributed by atoms with van der Waals surface area (Å²) in [4.78, 5) is 0. The maximum atomic E-state index is 14.0. The molecule has 6 atom stereocenters. The van der Waals surface area contributed by atoms with Gasteiger partial charge in [0.25, 0.3) is 5.60 Å². The highest BCUT2D eigenvalue weighted by Gasteiger charge is 2.73. The summed E-state index contributed by atoms with van der Waals surface area (Å²) in [6, 6.07) is 0. The van der Waals surface area contributed by atoms with E-state index in [0.29, 0.717) is 12.8 Å². The maximum Gasteiger partial charge on any atom is 0.426 e. The molecule has 0 N–H and O–H groups in total. The minimum absolute atomic E-state index is 0.0771. The van der Waals surface area contributed by atoms with Crippen LogP contribution in [0.2, 0.25) is 0 Å². The average Bonchev–Trinajstić information content (AvgIpc) is 3.07. The average molecular weight is 428 g/mol. The summed E-state index contributed by atoms with van der Waals surface area (Å²) in [6.45, 7) is 3.16. The summed E-state index contributed by atoms with van der Waals surface area (Å²) in [6.07, 6.45) is -12.3. The standard InChI is InChI=1S/C17H25F8OP/c1-3-11-9-5-10(12(6-9)13(11)8-14(18,19)4-2)7-15(26-27,16(20,21)22)17(23,24)25/h9-13H,3-8,27H2,1-2H3. The van der Waals surface area contributed by atoms with Crippen molar-refractivity contribution in [1.29, 1.82) is 0 Å². The first kappa shape index (κ1) is 23.1. The molecule has 2 rings (SSSR count). The Hall–Kier alpha value is -0.170. The Morgan fingerprint density at radius 3 is 1.81 bits per heavy atom. The molecule has 2 bridgehead atoms. The molecule has 6 unspecified atom stereocenters. The molecule has 1 nitrogen and oxygen atoms in total. The van der Waals surface area contributed by atoms with Gasteiger partial charge in [0.15, 0.2) is 0 Å². The van der Waals surface area contributed by atoms with Crippen molar-refractivity contribution < 1.29 is 39.6 Å². The molecule has 0 amide bonds. The zero-order chi connectivity index (χ0) is 20.8. The van der Waals surface area contributed by atoms with Crippen LogP contribution in [-0.2, 0) is 4.52 Å². The number of hydrogen-bond acceptors (Lipinski definition) is 1. The second kappa shape index (κ2) is 7.58. The van der Waals surface area contributed by atoms with Crippen LogP contribution in [0.5, 0.6) is 0 Å². The van der Waals surface area contributed by atoms with Crippen LogP contribution in [0.15, 0.2) is 0 Å². The van der Waals surface area contributed by atoms with Crippen molar-refractivity contribution >= 4 is 9.47 Å². The lowest BCUT2D eigenvalue weighted by molar-refractivity contribution is -0.360. The molecule has 0 aliphatic heterocycles. The van der Waals surface area contributed by atoms with Crippen molar-refractivity contribution in [2.75, 3.05) is 0 Å². The van der Waals surface area contributed by atoms with E-state index in [0.717, 1.165) is 9.47 Å². The fourth-order valence-corrected chi connectivity index (χ4v) is 5.71. The van der Waals surface area contributed by atoms with Gasteiger partial charge in [0.05, 0.1) is 0 Å². The third kappa shape index (κ3) is 4.10. The van der Waals surface area contributed by atoms with E-state index in [9.17, 15) is 35.1 Å². The number of alkyl halides is 8. The minimum Gasteiger partial charge on any atom is -0.342 e. The summed E-state index contributed by atoms with van der Waals surface area (Å²) >= 11 is 0. The number of rotatable bonds is 7. The van der Waals surface area contributed by atoms with Crippen molar-refractivity contribution in [1.82, 2.24) is 0 Å². The summed E-state index contributed by atoms with van der Waals surface area (Å²) < 4.78 is 112. The summed E-state index contributed by atoms with van der Waals surface area (Å²) in [5.41, 5.74) is -4.29. The molecule has 0 aromatic carbocycles. The number of fused-ring (bicyclic) bond motifs is 2. The lowest BCUT2D eigenvalue weighted by Gasteiger charge is -2.42. The highest BCUT2D eigenvalue weighted by Crippen LogP contribution is 2.62. The van der Waals surface area contributed by atoms with Crippen LogP contribution in [0.3, 0.4) is 0 Å². The van der Waals surface area contributed by atoms with E-state index in [1.54, 1.807) is 0 Å². The van der Waals surface area contributed by atoms with Crippen molar-refractivity contribution in [3.63, 3.8) is 0 Å². The Morgan fingerprint density at radius 1 is 0.852 bits per heavy atom. The van der Waals surface area contributed by atoms with Crippen molar-refractivity contribution in [3.8, 4) is 0 Å². The largest absolute Gasteiger partial charge is 0.426 e. The Morgan fingerprint density at radius 2 is 1.41 bits per heavy atom. The smallest absolute Gasteiger partial charge is 0.342 e. The summed E-state index contributed by atoms with van der Waals surface area (Å²) in [5.74, 6) is -5.22. The topological polar surface area (TPSA) is 9.23 Å². The molecular formula is C17H25F8OP. The zero-order valence-corrected chi connectivity index (χ0v) is 16.3. The first-order chi connectivity index (χ1) is 12.2. The van der Waals surface area contributed by atoms with Gasteiger partial charge in [-0.3, -0.25) is 0 Å². The third-order valence-corrected chi connectivity index (χ3v) is 7.08. The fourth-order valence-electron chi connectivity index (χ4n) is 5.35. The van der Waals surface area contributed by atoms with Gasteiger partial charge in [-0.25, -0.2) is 8.78 Å². The van der Waals surface area contributed by atoms with Gasteiger partial charge < -0.3 is 4.52 Å². The van der Waals surface area contributed by atoms with E-state index in [1.807, 2.05) is 6.92 Å². The Labute approximate surface area is 155 Å². The van der Waals surface area contributed by atoms with Gasteiger partial charge in [-0.2, -0.15) is 26.3 Å². The van der Waals surface area contributed by atoms with Crippen LogP contribution >= 0.6 is 9.47 Å². The van der Waals surface area contributed by atoms with Crippen molar-refractivity contribution in [2.45, 2.75) is 76.2 Å². The first-order valence-electron chi connectivity index (χ1n) is 9.12. The van der Waals surface area contributed by atoms with E-state index in [4.69, 9.17) is 0 Å². The lowest BCUT2D eigenvalue weighted by atomic mass is 9.68. The SMILES string of the molecule is CCC1C2CC(CC(OP)(C(F)(F)F)C(F)(F)F)C(C2)C1CC(F)(F)CC. The predicted molar refractivity (Wildman–Crippen MR) is 87.1 cm³/mol. The Kier molecular flexibility index (Phi) is 6.49. The summed E-state index contributed by atoms with van der Waals surface area (Å²) in [7, 11) is 1.09. The molecule has 2 saturated carbocycles. The molecule has 0 saturated heterocycles. The van der Waals surface area contributed by atoms with Gasteiger partial charge in [-0.05, 0) is 48.9 Å². The monoisotopic (exact) mass is 428 g/mol. The lowest BCUT2D eigenvalue weighted by Crippen LogP contribution is -2.58. The quantitative estimate of drug-likeness (QED) is 0.321. The molecular weight excluding hydrogens is 403 g/mol. The fraction of sp³-hybridized carbons (Fsp3) is 1.00. The highest BCUT2D eigenvalue weighted by molar-refractivity contribution is 7.09. The molecule has 0 heterocycles. The second-order valence-electron chi connectivity index (χ2n) is 7.95. The number of hydrogen-bond donors (Lipinski definition) is 0. The maximum absolute atomic E-state index is 14.0. The molecule has 27 heavy (non-hydrogen) atoms. The van der Waals surface area contributed by atoms with Crippen molar-refractivity contribution in [3.05, 3.63) is 0 Å². The van der Waals surface area contributed by atoms with Crippen molar-refractivity contribution in [2.24, 2.45) is 29.6 Å². The van der Waals surface area contributed by atoms with E-state index >= 15 is 0 Å². The van der Waals surface area contributed by atoms with Gasteiger partial charge in [-0.15, -0.1) is 0 Å². The first-order valence-corrected chi connectivity index (χ1v) is 9.59. The van der Waals surface area contributed by atoms with E-state index in [2.05, 4.69) is 4.52 Å². The van der Waals surface area contributed by atoms with Gasteiger partial charge in [0, 0.05) is 22.3 Å². The molecule has 2 aliphatic carbocycles. The Bertz CT molecular complexity index is 504. The van der Waals surface area contributed by atoms with E-state index in [-0.39, 0.29) is 18.3 Å². The van der Waals surface area contributed by atoms with Gasteiger partial charge in [0.1, 0.15) is 0 Å². The van der Waals surface area contributed by atoms with Crippen LogP contribution in [-0.4, -0.2) is 23.9 Å². The Balaban J connectivity index is 2.30. The third-order valence-electron chi connectivity index (χ3n) is 6.68. The predicted octanol–water partition coefficient (Wildman–Crippen LogP) is 6.78. The van der Waals surface area contributed by atoms with E-state index in [1.165, 1.54) is 6.92 Å². The van der Waals surface area contributed by atoms with Crippen LogP contribution in [0, 0.1) is 29.6 Å². The minimum atomic E-state index is -5.65. The summed E-state index contributed by atoms with van der Waals surface area (Å²) in [5, 5.41) is 0. The molecule has 0 aromatic rings.